The average molecular weight is 238 g/mol. The summed E-state index contributed by atoms with van der Waals surface area (Å²) in [5.74, 6) is -0.166. The van der Waals surface area contributed by atoms with E-state index in [2.05, 4.69) is 10.2 Å². The van der Waals surface area contributed by atoms with Crippen LogP contribution in [0.15, 0.2) is 18.2 Å². The molecule has 1 unspecified atom stereocenters. The fraction of sp³-hybridized carbons (Fsp3) is 0.538. The molecular formula is C13H16F2N2. The lowest BCUT2D eigenvalue weighted by atomic mass is 9.84. The van der Waals surface area contributed by atoms with Crippen molar-refractivity contribution in [3.05, 3.63) is 29.8 Å². The van der Waals surface area contributed by atoms with Gasteiger partial charge in [0.2, 0.25) is 0 Å². The summed E-state index contributed by atoms with van der Waals surface area (Å²) in [6, 6.07) is 3.83. The molecule has 17 heavy (non-hydrogen) atoms. The minimum Gasteiger partial charge on any atom is -0.378 e. The zero-order valence-electron chi connectivity index (χ0n) is 9.63. The normalized spacial score (nSPS) is 31.5. The molecule has 3 heterocycles. The first kappa shape index (κ1) is 11.0. The second kappa shape index (κ2) is 4.26. The Kier molecular flexibility index (Phi) is 2.74. The van der Waals surface area contributed by atoms with Crippen molar-refractivity contribution in [3.63, 3.8) is 0 Å². The quantitative estimate of drug-likeness (QED) is 0.851. The maximum absolute atomic E-state index is 13.5. The van der Waals surface area contributed by atoms with Crippen LogP contribution in [-0.2, 0) is 0 Å². The van der Waals surface area contributed by atoms with E-state index in [1.807, 2.05) is 0 Å². The zero-order chi connectivity index (χ0) is 11.8. The summed E-state index contributed by atoms with van der Waals surface area (Å²) in [4.78, 5) is 2.38. The SMILES string of the molecule is Fc1ccc(F)c(NC2CN3CCC2CC3)c1. The lowest BCUT2D eigenvalue weighted by Gasteiger charge is -2.45. The lowest BCUT2D eigenvalue weighted by Crippen LogP contribution is -2.53. The Bertz CT molecular complexity index is 414. The van der Waals surface area contributed by atoms with Gasteiger partial charge in [-0.15, -0.1) is 0 Å². The molecule has 3 aliphatic heterocycles. The van der Waals surface area contributed by atoms with Crippen molar-refractivity contribution in [1.29, 1.82) is 0 Å². The van der Waals surface area contributed by atoms with E-state index in [1.165, 1.54) is 12.1 Å². The summed E-state index contributed by atoms with van der Waals surface area (Å²) in [5, 5.41) is 3.16. The average Bonchev–Trinajstić information content (AvgIpc) is 2.35. The molecule has 4 heteroatoms. The fourth-order valence-corrected chi connectivity index (χ4v) is 2.94. The van der Waals surface area contributed by atoms with Crippen molar-refractivity contribution in [3.8, 4) is 0 Å². The molecule has 3 fully saturated rings. The highest BCUT2D eigenvalue weighted by Gasteiger charge is 2.34. The molecule has 0 saturated carbocycles. The zero-order valence-corrected chi connectivity index (χ0v) is 9.63. The fourth-order valence-electron chi connectivity index (χ4n) is 2.94. The number of fused-ring (bicyclic) bond motifs is 3. The molecule has 1 aromatic rings. The minimum atomic E-state index is -0.393. The molecule has 2 bridgehead atoms. The number of rotatable bonds is 2. The van der Waals surface area contributed by atoms with Gasteiger partial charge in [0.1, 0.15) is 11.6 Å². The van der Waals surface area contributed by atoms with Crippen molar-refractivity contribution in [2.45, 2.75) is 18.9 Å². The first-order chi connectivity index (χ1) is 8.22. The predicted octanol–water partition coefficient (Wildman–Crippen LogP) is 2.47. The Morgan fingerprint density at radius 2 is 1.94 bits per heavy atom. The van der Waals surface area contributed by atoms with E-state index < -0.39 is 5.82 Å². The van der Waals surface area contributed by atoms with Gasteiger partial charge in [-0.1, -0.05) is 0 Å². The summed E-state index contributed by atoms with van der Waals surface area (Å²) < 4.78 is 26.6. The molecular weight excluding hydrogens is 222 g/mol. The monoisotopic (exact) mass is 238 g/mol. The van der Waals surface area contributed by atoms with Crippen LogP contribution in [0.4, 0.5) is 14.5 Å². The molecule has 0 spiro atoms. The van der Waals surface area contributed by atoms with E-state index in [-0.39, 0.29) is 11.9 Å². The Morgan fingerprint density at radius 1 is 1.18 bits per heavy atom. The number of halogens is 2. The third-order valence-corrected chi connectivity index (χ3v) is 3.93. The van der Waals surface area contributed by atoms with Crippen molar-refractivity contribution in [1.82, 2.24) is 4.90 Å². The van der Waals surface area contributed by atoms with Crippen LogP contribution in [0.25, 0.3) is 0 Å². The Balaban J connectivity index is 1.76. The maximum Gasteiger partial charge on any atom is 0.146 e. The molecule has 0 aromatic heterocycles. The first-order valence-corrected chi connectivity index (χ1v) is 6.16. The number of nitrogens with one attached hydrogen (secondary N) is 1. The molecule has 1 atom stereocenters. The topological polar surface area (TPSA) is 15.3 Å². The van der Waals surface area contributed by atoms with E-state index in [0.29, 0.717) is 11.6 Å². The second-order valence-electron chi connectivity index (χ2n) is 5.01. The van der Waals surface area contributed by atoms with Crippen LogP contribution in [0.2, 0.25) is 0 Å². The highest BCUT2D eigenvalue weighted by molar-refractivity contribution is 5.46. The highest BCUT2D eigenvalue weighted by Crippen LogP contribution is 2.30. The van der Waals surface area contributed by atoms with Crippen molar-refractivity contribution < 1.29 is 8.78 Å². The van der Waals surface area contributed by atoms with Gasteiger partial charge >= 0.3 is 0 Å². The molecule has 2 nitrogen and oxygen atoms in total. The third kappa shape index (κ3) is 2.14. The molecule has 0 amide bonds. The molecule has 1 N–H and O–H groups in total. The van der Waals surface area contributed by atoms with E-state index in [9.17, 15) is 8.78 Å². The molecule has 0 aliphatic carbocycles. The third-order valence-electron chi connectivity index (χ3n) is 3.93. The van der Waals surface area contributed by atoms with Gasteiger partial charge in [-0.25, -0.2) is 8.78 Å². The van der Waals surface area contributed by atoms with Gasteiger partial charge in [0.05, 0.1) is 5.69 Å². The minimum absolute atomic E-state index is 0.258. The molecule has 4 rings (SSSR count). The van der Waals surface area contributed by atoms with E-state index >= 15 is 0 Å². The number of hydrogen-bond donors (Lipinski definition) is 1. The Labute approximate surface area is 99.6 Å². The van der Waals surface area contributed by atoms with Crippen LogP contribution in [0.5, 0.6) is 0 Å². The molecule has 3 saturated heterocycles. The predicted molar refractivity (Wildman–Crippen MR) is 62.9 cm³/mol. The van der Waals surface area contributed by atoms with Gasteiger partial charge < -0.3 is 10.2 Å². The molecule has 92 valence electrons. The number of benzene rings is 1. The van der Waals surface area contributed by atoms with E-state index in [1.54, 1.807) is 0 Å². The van der Waals surface area contributed by atoms with Gasteiger partial charge in [-0.3, -0.25) is 0 Å². The van der Waals surface area contributed by atoms with Crippen LogP contribution >= 0.6 is 0 Å². The van der Waals surface area contributed by atoms with Crippen molar-refractivity contribution >= 4 is 5.69 Å². The van der Waals surface area contributed by atoms with Gasteiger partial charge in [-0.05, 0) is 50.0 Å². The van der Waals surface area contributed by atoms with Gasteiger partial charge in [0.15, 0.2) is 0 Å². The van der Waals surface area contributed by atoms with Crippen LogP contribution in [0.1, 0.15) is 12.8 Å². The molecule has 0 radical (unpaired) electrons. The maximum atomic E-state index is 13.5. The Morgan fingerprint density at radius 3 is 2.59 bits per heavy atom. The van der Waals surface area contributed by atoms with Gasteiger partial charge in [0.25, 0.3) is 0 Å². The number of anilines is 1. The van der Waals surface area contributed by atoms with Crippen LogP contribution in [0.3, 0.4) is 0 Å². The number of hydrogen-bond acceptors (Lipinski definition) is 2. The lowest BCUT2D eigenvalue weighted by molar-refractivity contribution is 0.0974. The van der Waals surface area contributed by atoms with Crippen molar-refractivity contribution in [2.24, 2.45) is 5.92 Å². The summed E-state index contributed by atoms with van der Waals surface area (Å²) in [6.07, 6.45) is 2.32. The first-order valence-electron chi connectivity index (χ1n) is 6.16. The summed E-state index contributed by atoms with van der Waals surface area (Å²) in [7, 11) is 0. The van der Waals surface area contributed by atoms with E-state index in [0.717, 1.165) is 38.5 Å². The highest BCUT2D eigenvalue weighted by atomic mass is 19.1. The molecule has 3 aliphatic rings. The van der Waals surface area contributed by atoms with Crippen LogP contribution in [-0.4, -0.2) is 30.6 Å². The summed E-state index contributed by atoms with van der Waals surface area (Å²) >= 11 is 0. The molecule has 1 aromatic carbocycles. The summed E-state index contributed by atoms with van der Waals surface area (Å²) in [5.41, 5.74) is 0.295. The summed E-state index contributed by atoms with van der Waals surface area (Å²) in [6.45, 7) is 3.24. The number of nitrogens with zero attached hydrogens (tertiary/aromatic N) is 1. The van der Waals surface area contributed by atoms with Crippen LogP contribution in [0, 0.1) is 17.6 Å². The Hall–Kier alpha value is -1.16. The van der Waals surface area contributed by atoms with E-state index in [4.69, 9.17) is 0 Å². The van der Waals surface area contributed by atoms with Gasteiger partial charge in [-0.2, -0.15) is 0 Å². The number of piperidine rings is 3. The van der Waals surface area contributed by atoms with Gasteiger partial charge in [0, 0.05) is 12.6 Å². The second-order valence-corrected chi connectivity index (χ2v) is 5.01. The van der Waals surface area contributed by atoms with Crippen LogP contribution < -0.4 is 5.32 Å². The smallest absolute Gasteiger partial charge is 0.146 e. The largest absolute Gasteiger partial charge is 0.378 e. The standard InChI is InChI=1S/C13H16F2N2/c14-10-1-2-11(15)12(7-10)16-13-8-17-5-3-9(13)4-6-17/h1-2,7,9,13,16H,3-6,8H2. The van der Waals surface area contributed by atoms with Crippen molar-refractivity contribution in [2.75, 3.05) is 25.0 Å².